The lowest BCUT2D eigenvalue weighted by molar-refractivity contribution is -0.870. The van der Waals surface area contributed by atoms with Crippen LogP contribution in [0.1, 0.15) is 129 Å². The van der Waals surface area contributed by atoms with Crippen molar-refractivity contribution >= 4 is 19.8 Å². The highest BCUT2D eigenvalue weighted by Gasteiger charge is 2.27. The van der Waals surface area contributed by atoms with Gasteiger partial charge in [0.25, 0.3) is 0 Å². The van der Waals surface area contributed by atoms with Crippen molar-refractivity contribution in [1.82, 2.24) is 0 Å². The number of carbonyl (C=O) groups is 2. The molecule has 0 rings (SSSR count). The number of phosphoric acid groups is 1. The van der Waals surface area contributed by atoms with Gasteiger partial charge in [0.15, 0.2) is 6.10 Å². The van der Waals surface area contributed by atoms with Crippen molar-refractivity contribution in [1.29, 1.82) is 0 Å². The van der Waals surface area contributed by atoms with Crippen LogP contribution in [0.3, 0.4) is 0 Å². The number of aliphatic hydroxyl groups excluding tert-OH is 2. The van der Waals surface area contributed by atoms with Crippen LogP contribution >= 0.6 is 7.82 Å². The van der Waals surface area contributed by atoms with Crippen LogP contribution in [0.4, 0.5) is 0 Å². The second-order valence-electron chi connectivity index (χ2n) is 16.1. The average Bonchev–Trinajstić information content (AvgIpc) is 3.21. The molecular formula is C50H83NO10P+. The zero-order valence-corrected chi connectivity index (χ0v) is 39.7. The molecule has 0 saturated heterocycles. The van der Waals surface area contributed by atoms with Gasteiger partial charge in [0, 0.05) is 12.8 Å². The minimum atomic E-state index is -4.46. The number of allylic oxidation sites excluding steroid dienone is 16. The molecule has 0 aliphatic carbocycles. The molecule has 0 amide bonds. The average molecular weight is 889 g/mol. The topological polar surface area (TPSA) is 149 Å². The van der Waals surface area contributed by atoms with Gasteiger partial charge in [0.05, 0.1) is 40.0 Å². The summed E-state index contributed by atoms with van der Waals surface area (Å²) in [5.74, 6) is -1.14. The Bertz CT molecular complexity index is 1450. The number of rotatable bonds is 39. The number of likely N-dealkylation sites (N-methyl/N-ethyl adjacent to an activating group) is 1. The zero-order chi connectivity index (χ0) is 46.0. The molecule has 0 saturated carbocycles. The van der Waals surface area contributed by atoms with E-state index in [0.29, 0.717) is 36.7 Å². The predicted molar refractivity (Wildman–Crippen MR) is 254 cm³/mol. The molecule has 0 fully saturated rings. The van der Waals surface area contributed by atoms with Crippen molar-refractivity contribution < 1.29 is 52.3 Å². The molecule has 0 aliphatic heterocycles. The number of quaternary nitrogens is 1. The van der Waals surface area contributed by atoms with Crippen LogP contribution in [0.5, 0.6) is 0 Å². The molecule has 0 heterocycles. The van der Waals surface area contributed by atoms with Crippen LogP contribution in [0.25, 0.3) is 0 Å². The van der Waals surface area contributed by atoms with Crippen molar-refractivity contribution in [3.05, 3.63) is 109 Å². The molecule has 1 unspecified atom stereocenters. The standard InChI is InChI=1S/C50H82NO10P/c1-6-8-10-11-12-13-14-15-16-17-18-19-20-21-22-23-27-30-34-40-50(55)61-48(45-60-62(56,57)59-43-42-51(3,4)5)44-58-49(54)41-35-39-47(53)38-33-29-26-24-25-28-32-37-46(52)36-31-9-7-2/h12-13,15-16,18-19,21-22,25-30,32-33,37-38,46-48,52-53H,6-11,14,17,20,23-24,31,34-36,39-45H2,1-5H3/p+1/b13-12-,16-15-,19-18-,22-21-,28-25-,29-26-,30-27-,37-32+,38-33+/t46-,47-,48+/m0/s1. The number of hydrogen-bond donors (Lipinski definition) is 3. The van der Waals surface area contributed by atoms with Crippen molar-refractivity contribution in [3.63, 3.8) is 0 Å². The van der Waals surface area contributed by atoms with E-state index in [1.807, 2.05) is 63.7 Å². The van der Waals surface area contributed by atoms with Gasteiger partial charge in [-0.15, -0.1) is 0 Å². The van der Waals surface area contributed by atoms with Crippen LogP contribution < -0.4 is 0 Å². The van der Waals surface area contributed by atoms with Crippen molar-refractivity contribution in [2.24, 2.45) is 0 Å². The highest BCUT2D eigenvalue weighted by molar-refractivity contribution is 7.47. The van der Waals surface area contributed by atoms with Gasteiger partial charge >= 0.3 is 19.8 Å². The summed E-state index contributed by atoms with van der Waals surface area (Å²) in [6, 6.07) is 0. The molecule has 62 heavy (non-hydrogen) atoms. The van der Waals surface area contributed by atoms with Crippen LogP contribution in [-0.2, 0) is 32.7 Å². The monoisotopic (exact) mass is 889 g/mol. The number of nitrogens with zero attached hydrogens (tertiary/aromatic N) is 1. The third-order valence-electron chi connectivity index (χ3n) is 9.00. The van der Waals surface area contributed by atoms with Gasteiger partial charge < -0.3 is 29.1 Å². The number of esters is 2. The van der Waals surface area contributed by atoms with Crippen molar-refractivity contribution in [2.75, 3.05) is 47.5 Å². The summed E-state index contributed by atoms with van der Waals surface area (Å²) in [6.45, 7) is 3.91. The first-order valence-electron chi connectivity index (χ1n) is 22.8. The number of unbranched alkanes of at least 4 members (excludes halogenated alkanes) is 5. The highest BCUT2D eigenvalue weighted by atomic mass is 31.2. The van der Waals surface area contributed by atoms with E-state index in [1.165, 1.54) is 25.7 Å². The first-order chi connectivity index (χ1) is 29.8. The minimum Gasteiger partial charge on any atom is -0.462 e. The van der Waals surface area contributed by atoms with Gasteiger partial charge in [0.1, 0.15) is 19.8 Å². The Labute approximate surface area is 375 Å². The number of phosphoric ester groups is 1. The fourth-order valence-electron chi connectivity index (χ4n) is 5.33. The molecule has 0 spiro atoms. The Hall–Kier alpha value is -3.41. The Morgan fingerprint density at radius 1 is 0.581 bits per heavy atom. The maximum atomic E-state index is 12.7. The molecule has 12 heteroatoms. The summed E-state index contributed by atoms with van der Waals surface area (Å²) in [6.07, 6.45) is 48.0. The van der Waals surface area contributed by atoms with Gasteiger partial charge in [0.2, 0.25) is 0 Å². The number of hydrogen-bond acceptors (Lipinski definition) is 9. The maximum absolute atomic E-state index is 12.7. The van der Waals surface area contributed by atoms with Crippen LogP contribution in [0, 0.1) is 0 Å². The Morgan fingerprint density at radius 2 is 1.08 bits per heavy atom. The summed E-state index contributed by atoms with van der Waals surface area (Å²) < 4.78 is 34.0. The fraction of sp³-hybridized carbons (Fsp3) is 0.600. The lowest BCUT2D eigenvalue weighted by atomic mass is 10.1. The molecule has 11 nitrogen and oxygen atoms in total. The number of ether oxygens (including phenoxy) is 2. The van der Waals surface area contributed by atoms with E-state index in [-0.39, 0.29) is 26.1 Å². The minimum absolute atomic E-state index is 0.0186. The van der Waals surface area contributed by atoms with Gasteiger partial charge in [-0.05, 0) is 70.6 Å². The van der Waals surface area contributed by atoms with Crippen molar-refractivity contribution in [2.45, 2.75) is 148 Å². The maximum Gasteiger partial charge on any atom is 0.472 e. The SMILES string of the molecule is CCCCC/C=C\C/C=C\C/C=C\C/C=C\C/C=C\CCC(=O)O[C@H](COC(=O)CCC[C@@H](O)/C=C/C=C\C/C=C\C=C\[C@@H](O)CCCCC)COP(=O)(O)OCC[N+](C)(C)C. The van der Waals surface area contributed by atoms with Gasteiger partial charge in [-0.3, -0.25) is 18.6 Å². The molecule has 0 aromatic rings. The molecule has 3 N–H and O–H groups in total. The molecule has 352 valence electrons. The second kappa shape index (κ2) is 40.4. The zero-order valence-electron chi connectivity index (χ0n) is 38.8. The normalized spacial score (nSPS) is 15.5. The Balaban J connectivity index is 4.72. The molecule has 0 aromatic carbocycles. The lowest BCUT2D eigenvalue weighted by Gasteiger charge is -2.24. The van der Waals surface area contributed by atoms with Crippen LogP contribution in [-0.4, -0.2) is 97.3 Å². The van der Waals surface area contributed by atoms with Gasteiger partial charge in [-0.1, -0.05) is 155 Å². The largest absolute Gasteiger partial charge is 0.472 e. The summed E-state index contributed by atoms with van der Waals surface area (Å²) in [5.41, 5.74) is 0. The lowest BCUT2D eigenvalue weighted by Crippen LogP contribution is -2.37. The van der Waals surface area contributed by atoms with E-state index in [1.54, 1.807) is 18.2 Å². The third kappa shape index (κ3) is 43.2. The predicted octanol–water partition coefficient (Wildman–Crippen LogP) is 11.1. The smallest absolute Gasteiger partial charge is 0.462 e. The van der Waals surface area contributed by atoms with E-state index >= 15 is 0 Å². The molecule has 4 atom stereocenters. The van der Waals surface area contributed by atoms with Gasteiger partial charge in [-0.2, -0.15) is 0 Å². The highest BCUT2D eigenvalue weighted by Crippen LogP contribution is 2.43. The van der Waals surface area contributed by atoms with E-state index in [9.17, 15) is 29.3 Å². The summed E-state index contributed by atoms with van der Waals surface area (Å²) >= 11 is 0. The summed E-state index contributed by atoms with van der Waals surface area (Å²) in [5, 5.41) is 20.2. The third-order valence-corrected chi connectivity index (χ3v) is 9.98. The first kappa shape index (κ1) is 58.6. The molecule has 0 bridgehead atoms. The van der Waals surface area contributed by atoms with E-state index < -0.39 is 44.7 Å². The van der Waals surface area contributed by atoms with E-state index in [4.69, 9.17) is 18.5 Å². The Morgan fingerprint density at radius 3 is 1.63 bits per heavy atom. The summed E-state index contributed by atoms with van der Waals surface area (Å²) in [4.78, 5) is 35.4. The molecule has 0 radical (unpaired) electrons. The van der Waals surface area contributed by atoms with Crippen LogP contribution in [0.2, 0.25) is 0 Å². The molecular weight excluding hydrogens is 806 g/mol. The van der Waals surface area contributed by atoms with E-state index in [2.05, 4.69) is 62.5 Å². The summed E-state index contributed by atoms with van der Waals surface area (Å²) in [7, 11) is 1.28. The fourth-order valence-corrected chi connectivity index (χ4v) is 6.07. The molecule has 0 aliphatic rings. The second-order valence-corrected chi connectivity index (χ2v) is 17.6. The van der Waals surface area contributed by atoms with Crippen molar-refractivity contribution in [3.8, 4) is 0 Å². The quantitative estimate of drug-likeness (QED) is 0.0136. The Kier molecular flexibility index (Phi) is 38.1. The van der Waals surface area contributed by atoms with Crippen LogP contribution in [0.15, 0.2) is 109 Å². The number of carbonyl (C=O) groups excluding carboxylic acids is 2. The first-order valence-corrected chi connectivity index (χ1v) is 24.3. The number of aliphatic hydroxyl groups is 2. The van der Waals surface area contributed by atoms with Gasteiger partial charge in [-0.25, -0.2) is 4.57 Å². The molecule has 0 aromatic heterocycles. The van der Waals surface area contributed by atoms with E-state index in [0.717, 1.165) is 51.4 Å².